The van der Waals surface area contributed by atoms with Gasteiger partial charge in [0, 0.05) is 18.7 Å². The van der Waals surface area contributed by atoms with Gasteiger partial charge in [-0.1, -0.05) is 0 Å². The Hall–Kier alpha value is -2.09. The summed E-state index contributed by atoms with van der Waals surface area (Å²) in [5, 5.41) is 14.8. The van der Waals surface area contributed by atoms with Gasteiger partial charge in [-0.25, -0.2) is 4.98 Å². The average molecular weight is 216 g/mol. The second-order valence-corrected chi connectivity index (χ2v) is 3.81. The van der Waals surface area contributed by atoms with Gasteiger partial charge in [-0.15, -0.1) is 0 Å². The van der Waals surface area contributed by atoms with E-state index in [0.717, 1.165) is 5.69 Å². The largest absolute Gasteiger partial charge is 0.364 e. The summed E-state index contributed by atoms with van der Waals surface area (Å²) in [6.45, 7) is 2.45. The fraction of sp³-hybridized carbons (Fsp3) is 0.364. The molecule has 82 valence electrons. The van der Waals surface area contributed by atoms with Crippen LogP contribution in [0.1, 0.15) is 17.7 Å². The van der Waals surface area contributed by atoms with Crippen LogP contribution in [-0.4, -0.2) is 23.5 Å². The molecule has 1 aromatic rings. The van der Waals surface area contributed by atoms with Crippen LogP contribution < -0.4 is 10.6 Å². The molecule has 5 nitrogen and oxygen atoms in total. The topological polar surface area (TPSA) is 77.8 Å². The Bertz CT molecular complexity index is 464. The number of hydrogen-bond acceptors (Lipinski definition) is 4. The van der Waals surface area contributed by atoms with Crippen LogP contribution >= 0.6 is 0 Å². The second-order valence-electron chi connectivity index (χ2n) is 3.81. The highest BCUT2D eigenvalue weighted by Crippen LogP contribution is 2.15. The minimum atomic E-state index is 0.0221. The third-order valence-corrected chi connectivity index (χ3v) is 2.47. The standard InChI is InChI=1S/C11H12N4O/c1-7-2-3-8(5-12)11(14-7)15-9-4-10(16)13-6-9/h2-3,9H,4,6H2,1H3,(H,13,16)(H,14,15). The van der Waals surface area contributed by atoms with Crippen molar-refractivity contribution < 1.29 is 4.79 Å². The van der Waals surface area contributed by atoms with Crippen molar-refractivity contribution in [3.63, 3.8) is 0 Å². The highest BCUT2D eigenvalue weighted by molar-refractivity contribution is 5.79. The molecular formula is C11H12N4O. The summed E-state index contributed by atoms with van der Waals surface area (Å²) >= 11 is 0. The Morgan fingerprint density at radius 3 is 3.06 bits per heavy atom. The maximum atomic E-state index is 11.0. The molecule has 0 radical (unpaired) electrons. The van der Waals surface area contributed by atoms with E-state index in [1.54, 1.807) is 12.1 Å². The van der Waals surface area contributed by atoms with E-state index in [-0.39, 0.29) is 11.9 Å². The first-order valence-electron chi connectivity index (χ1n) is 5.10. The van der Waals surface area contributed by atoms with Crippen molar-refractivity contribution in [3.05, 3.63) is 23.4 Å². The van der Waals surface area contributed by atoms with Crippen LogP contribution in [0.3, 0.4) is 0 Å². The molecule has 0 bridgehead atoms. The Kier molecular flexibility index (Phi) is 2.73. The van der Waals surface area contributed by atoms with Crippen LogP contribution in [0.15, 0.2) is 12.1 Å². The van der Waals surface area contributed by atoms with E-state index < -0.39 is 0 Å². The number of aryl methyl sites for hydroxylation is 1. The number of carbonyl (C=O) groups excluding carboxylic acids is 1. The molecule has 0 saturated carbocycles. The van der Waals surface area contributed by atoms with Crippen molar-refractivity contribution in [2.24, 2.45) is 0 Å². The molecule has 2 N–H and O–H groups in total. The number of nitriles is 1. The van der Waals surface area contributed by atoms with E-state index in [1.165, 1.54) is 0 Å². The number of pyridine rings is 1. The number of nitrogens with zero attached hydrogens (tertiary/aromatic N) is 2. The fourth-order valence-corrected chi connectivity index (χ4v) is 1.66. The van der Waals surface area contributed by atoms with E-state index in [4.69, 9.17) is 5.26 Å². The first kappa shape index (κ1) is 10.4. The molecule has 1 atom stereocenters. The minimum absolute atomic E-state index is 0.0221. The molecular weight excluding hydrogens is 204 g/mol. The Morgan fingerprint density at radius 2 is 2.44 bits per heavy atom. The number of amides is 1. The quantitative estimate of drug-likeness (QED) is 0.757. The molecule has 1 aliphatic heterocycles. The van der Waals surface area contributed by atoms with Crippen molar-refractivity contribution in [1.29, 1.82) is 5.26 Å². The first-order chi connectivity index (χ1) is 7.69. The van der Waals surface area contributed by atoms with E-state index in [9.17, 15) is 4.79 Å². The number of nitrogens with one attached hydrogen (secondary N) is 2. The molecule has 1 aromatic heterocycles. The molecule has 1 amide bonds. The highest BCUT2D eigenvalue weighted by atomic mass is 16.1. The van der Waals surface area contributed by atoms with Gasteiger partial charge in [0.15, 0.2) is 0 Å². The van der Waals surface area contributed by atoms with Crippen molar-refractivity contribution in [2.75, 3.05) is 11.9 Å². The SMILES string of the molecule is Cc1ccc(C#N)c(NC2CNC(=O)C2)n1. The number of hydrogen-bond donors (Lipinski definition) is 2. The molecule has 2 heterocycles. The van der Waals surface area contributed by atoms with Crippen LogP contribution in [0.5, 0.6) is 0 Å². The number of anilines is 1. The summed E-state index contributed by atoms with van der Waals surface area (Å²) in [5.74, 6) is 0.590. The van der Waals surface area contributed by atoms with Gasteiger partial charge >= 0.3 is 0 Å². The molecule has 2 rings (SSSR count). The van der Waals surface area contributed by atoms with Gasteiger partial charge in [-0.05, 0) is 19.1 Å². The maximum Gasteiger partial charge on any atom is 0.222 e. The Balaban J connectivity index is 2.17. The number of carbonyl (C=O) groups is 1. The van der Waals surface area contributed by atoms with Crippen LogP contribution in [-0.2, 0) is 4.79 Å². The summed E-state index contributed by atoms with van der Waals surface area (Å²) in [7, 11) is 0. The van der Waals surface area contributed by atoms with Crippen molar-refractivity contribution >= 4 is 11.7 Å². The number of rotatable bonds is 2. The van der Waals surface area contributed by atoms with Gasteiger partial charge in [0.2, 0.25) is 5.91 Å². The van der Waals surface area contributed by atoms with Gasteiger partial charge in [-0.3, -0.25) is 4.79 Å². The molecule has 1 saturated heterocycles. The summed E-state index contributed by atoms with van der Waals surface area (Å²) in [6, 6.07) is 5.62. The van der Waals surface area contributed by atoms with E-state index >= 15 is 0 Å². The monoisotopic (exact) mass is 216 g/mol. The third-order valence-electron chi connectivity index (χ3n) is 2.47. The van der Waals surface area contributed by atoms with E-state index in [1.807, 2.05) is 6.92 Å². The highest BCUT2D eigenvalue weighted by Gasteiger charge is 2.22. The zero-order valence-corrected chi connectivity index (χ0v) is 8.95. The molecule has 0 aliphatic carbocycles. The zero-order valence-electron chi connectivity index (χ0n) is 8.95. The van der Waals surface area contributed by atoms with Crippen molar-refractivity contribution in [2.45, 2.75) is 19.4 Å². The third kappa shape index (κ3) is 2.11. The molecule has 5 heteroatoms. The van der Waals surface area contributed by atoms with Gasteiger partial charge in [0.25, 0.3) is 0 Å². The van der Waals surface area contributed by atoms with Gasteiger partial charge in [-0.2, -0.15) is 5.26 Å². The molecule has 0 aromatic carbocycles. The second kappa shape index (κ2) is 4.19. The van der Waals surface area contributed by atoms with Gasteiger partial charge in [0.05, 0.1) is 11.6 Å². The van der Waals surface area contributed by atoms with Crippen LogP contribution in [0.2, 0.25) is 0 Å². The van der Waals surface area contributed by atoms with Gasteiger partial charge < -0.3 is 10.6 Å². The normalized spacial score (nSPS) is 19.0. The van der Waals surface area contributed by atoms with Crippen LogP contribution in [0.25, 0.3) is 0 Å². The smallest absolute Gasteiger partial charge is 0.222 e. The van der Waals surface area contributed by atoms with E-state index in [0.29, 0.717) is 24.3 Å². The molecule has 16 heavy (non-hydrogen) atoms. The lowest BCUT2D eigenvalue weighted by atomic mass is 10.2. The zero-order chi connectivity index (χ0) is 11.5. The predicted molar refractivity (Wildman–Crippen MR) is 58.7 cm³/mol. The Labute approximate surface area is 93.5 Å². The first-order valence-corrected chi connectivity index (χ1v) is 5.10. The summed E-state index contributed by atoms with van der Waals surface area (Å²) in [5.41, 5.74) is 1.35. The number of aromatic nitrogens is 1. The van der Waals surface area contributed by atoms with Crippen LogP contribution in [0, 0.1) is 18.3 Å². The summed E-state index contributed by atoms with van der Waals surface area (Å²) in [6.07, 6.45) is 0.431. The lowest BCUT2D eigenvalue weighted by molar-refractivity contribution is -0.119. The van der Waals surface area contributed by atoms with Gasteiger partial charge in [0.1, 0.15) is 11.9 Å². The lowest BCUT2D eigenvalue weighted by Crippen LogP contribution is -2.23. The molecule has 0 spiro atoms. The lowest BCUT2D eigenvalue weighted by Gasteiger charge is -2.12. The maximum absolute atomic E-state index is 11.0. The average Bonchev–Trinajstić information content (AvgIpc) is 2.64. The minimum Gasteiger partial charge on any atom is -0.364 e. The molecule has 1 aliphatic rings. The van der Waals surface area contributed by atoms with Crippen molar-refractivity contribution in [1.82, 2.24) is 10.3 Å². The van der Waals surface area contributed by atoms with Crippen molar-refractivity contribution in [3.8, 4) is 6.07 Å². The predicted octanol–water partition coefficient (Wildman–Crippen LogP) is 0.562. The van der Waals surface area contributed by atoms with E-state index in [2.05, 4.69) is 21.7 Å². The summed E-state index contributed by atoms with van der Waals surface area (Å²) in [4.78, 5) is 15.3. The molecule has 1 unspecified atom stereocenters. The Morgan fingerprint density at radius 1 is 1.62 bits per heavy atom. The van der Waals surface area contributed by atoms with Crippen LogP contribution in [0.4, 0.5) is 5.82 Å². The molecule has 1 fully saturated rings. The fourth-order valence-electron chi connectivity index (χ4n) is 1.66. The summed E-state index contributed by atoms with van der Waals surface area (Å²) < 4.78 is 0.